The van der Waals surface area contributed by atoms with Crippen LogP contribution in [0.4, 0.5) is 0 Å². The molecule has 1 heterocycles. The zero-order valence-electron chi connectivity index (χ0n) is 15.0. The van der Waals surface area contributed by atoms with E-state index in [0.29, 0.717) is 0 Å². The standard InChI is InChI=1S/C19H26N2O4/c1-13(2)15(12-22)20-16(23)9-10-21-17(24)11-19(3,18(21)25)14-7-5-4-6-8-14/h4-8,13,15,22H,9-12H2,1-3H3,(H,20,23)/t15-,19-/m1/s1. The lowest BCUT2D eigenvalue weighted by atomic mass is 9.81. The number of amides is 3. The number of nitrogens with one attached hydrogen (secondary N) is 1. The van der Waals surface area contributed by atoms with Gasteiger partial charge in [-0.1, -0.05) is 44.2 Å². The Kier molecular flexibility index (Phi) is 5.95. The van der Waals surface area contributed by atoms with E-state index >= 15 is 0 Å². The van der Waals surface area contributed by atoms with Gasteiger partial charge in [0.1, 0.15) is 0 Å². The van der Waals surface area contributed by atoms with Crippen LogP contribution in [0.25, 0.3) is 0 Å². The summed E-state index contributed by atoms with van der Waals surface area (Å²) in [4.78, 5) is 38.3. The van der Waals surface area contributed by atoms with Gasteiger partial charge in [0.25, 0.3) is 0 Å². The van der Waals surface area contributed by atoms with E-state index in [2.05, 4.69) is 5.32 Å². The predicted molar refractivity (Wildman–Crippen MR) is 93.6 cm³/mol. The van der Waals surface area contributed by atoms with Gasteiger partial charge in [-0.2, -0.15) is 0 Å². The van der Waals surface area contributed by atoms with Crippen LogP contribution in [0.5, 0.6) is 0 Å². The van der Waals surface area contributed by atoms with Crippen LogP contribution in [0.2, 0.25) is 0 Å². The summed E-state index contributed by atoms with van der Waals surface area (Å²) < 4.78 is 0. The first kappa shape index (κ1) is 19.1. The topological polar surface area (TPSA) is 86.7 Å². The van der Waals surface area contributed by atoms with Crippen LogP contribution in [-0.4, -0.2) is 46.9 Å². The monoisotopic (exact) mass is 346 g/mol. The summed E-state index contributed by atoms with van der Waals surface area (Å²) in [5.74, 6) is -0.696. The van der Waals surface area contributed by atoms with E-state index in [-0.39, 0.29) is 55.7 Å². The summed E-state index contributed by atoms with van der Waals surface area (Å²) in [6.45, 7) is 5.49. The zero-order valence-corrected chi connectivity index (χ0v) is 15.0. The Morgan fingerprint density at radius 1 is 1.28 bits per heavy atom. The normalized spacial score (nSPS) is 21.7. The largest absolute Gasteiger partial charge is 0.394 e. The first-order valence-corrected chi connectivity index (χ1v) is 8.60. The molecule has 2 rings (SSSR count). The maximum absolute atomic E-state index is 12.8. The summed E-state index contributed by atoms with van der Waals surface area (Å²) in [5.41, 5.74) is -0.0686. The predicted octanol–water partition coefficient (Wildman–Crippen LogP) is 1.23. The van der Waals surface area contributed by atoms with Gasteiger partial charge >= 0.3 is 0 Å². The molecule has 1 aliphatic rings. The van der Waals surface area contributed by atoms with Crippen molar-refractivity contribution in [3.05, 3.63) is 35.9 Å². The second kappa shape index (κ2) is 7.78. The maximum atomic E-state index is 12.8. The van der Waals surface area contributed by atoms with Crippen molar-refractivity contribution in [1.29, 1.82) is 0 Å². The Morgan fingerprint density at radius 2 is 1.92 bits per heavy atom. The highest BCUT2D eigenvalue weighted by Gasteiger charge is 2.49. The summed E-state index contributed by atoms with van der Waals surface area (Å²) in [5, 5.41) is 12.0. The van der Waals surface area contributed by atoms with Crippen molar-refractivity contribution in [3.8, 4) is 0 Å². The van der Waals surface area contributed by atoms with Crippen LogP contribution in [-0.2, 0) is 19.8 Å². The third kappa shape index (κ3) is 4.07. The molecule has 3 amide bonds. The van der Waals surface area contributed by atoms with Gasteiger partial charge < -0.3 is 10.4 Å². The molecule has 25 heavy (non-hydrogen) atoms. The van der Waals surface area contributed by atoms with E-state index < -0.39 is 5.41 Å². The number of carbonyl (C=O) groups is 3. The van der Waals surface area contributed by atoms with Gasteiger partial charge in [-0.05, 0) is 18.4 Å². The van der Waals surface area contributed by atoms with Crippen molar-refractivity contribution in [2.24, 2.45) is 5.92 Å². The third-order valence-electron chi connectivity index (χ3n) is 4.84. The molecule has 1 saturated heterocycles. The van der Waals surface area contributed by atoms with E-state index in [9.17, 15) is 19.5 Å². The Hall–Kier alpha value is -2.21. The van der Waals surface area contributed by atoms with Gasteiger partial charge in [-0.25, -0.2) is 0 Å². The molecule has 0 spiro atoms. The van der Waals surface area contributed by atoms with Gasteiger partial charge in [-0.15, -0.1) is 0 Å². The molecule has 2 atom stereocenters. The summed E-state index contributed by atoms with van der Waals surface area (Å²) >= 11 is 0. The molecule has 6 heteroatoms. The van der Waals surface area contributed by atoms with Crippen molar-refractivity contribution < 1.29 is 19.5 Å². The molecule has 0 aromatic heterocycles. The van der Waals surface area contributed by atoms with Crippen LogP contribution in [0.15, 0.2) is 30.3 Å². The number of benzene rings is 1. The number of nitrogens with zero attached hydrogens (tertiary/aromatic N) is 1. The fourth-order valence-corrected chi connectivity index (χ4v) is 3.06. The molecule has 1 fully saturated rings. The molecule has 1 aliphatic heterocycles. The molecule has 0 unspecified atom stereocenters. The molecule has 1 aromatic rings. The molecule has 136 valence electrons. The molecule has 0 saturated carbocycles. The molecule has 0 aliphatic carbocycles. The van der Waals surface area contributed by atoms with Crippen LogP contribution < -0.4 is 5.32 Å². The molecular formula is C19H26N2O4. The van der Waals surface area contributed by atoms with E-state index in [1.54, 1.807) is 6.92 Å². The van der Waals surface area contributed by atoms with E-state index in [4.69, 9.17) is 0 Å². The van der Waals surface area contributed by atoms with E-state index in [1.807, 2.05) is 44.2 Å². The van der Waals surface area contributed by atoms with Gasteiger partial charge in [0.15, 0.2) is 0 Å². The average molecular weight is 346 g/mol. The van der Waals surface area contributed by atoms with Gasteiger partial charge in [0.2, 0.25) is 17.7 Å². The number of rotatable bonds is 7. The lowest BCUT2D eigenvalue weighted by molar-refractivity contribution is -0.140. The lowest BCUT2D eigenvalue weighted by Crippen LogP contribution is -2.43. The highest BCUT2D eigenvalue weighted by Crippen LogP contribution is 2.36. The number of aliphatic hydroxyl groups excluding tert-OH is 1. The molecule has 1 aromatic carbocycles. The Balaban J connectivity index is 2.00. The van der Waals surface area contributed by atoms with E-state index in [1.165, 1.54) is 4.90 Å². The molecule has 6 nitrogen and oxygen atoms in total. The fraction of sp³-hybridized carbons (Fsp3) is 0.526. The molecule has 2 N–H and O–H groups in total. The van der Waals surface area contributed by atoms with Gasteiger partial charge in [0, 0.05) is 19.4 Å². The van der Waals surface area contributed by atoms with Crippen LogP contribution in [0, 0.1) is 5.92 Å². The van der Waals surface area contributed by atoms with Crippen LogP contribution in [0.1, 0.15) is 39.2 Å². The second-order valence-electron chi connectivity index (χ2n) is 7.08. The Labute approximate surface area is 148 Å². The highest BCUT2D eigenvalue weighted by molar-refractivity contribution is 6.09. The third-order valence-corrected chi connectivity index (χ3v) is 4.84. The first-order chi connectivity index (χ1) is 11.8. The summed E-state index contributed by atoms with van der Waals surface area (Å²) in [7, 11) is 0. The minimum absolute atomic E-state index is 0.0333. The SMILES string of the molecule is CC(C)[C@@H](CO)NC(=O)CCN1C(=O)C[C@](C)(c2ccccc2)C1=O. The minimum Gasteiger partial charge on any atom is -0.394 e. The smallest absolute Gasteiger partial charge is 0.240 e. The number of likely N-dealkylation sites (tertiary alicyclic amines) is 1. The second-order valence-corrected chi connectivity index (χ2v) is 7.08. The molecule has 0 radical (unpaired) electrons. The van der Waals surface area contributed by atoms with Gasteiger partial charge in [0.05, 0.1) is 18.1 Å². The number of aliphatic hydroxyl groups is 1. The average Bonchev–Trinajstić information content (AvgIpc) is 2.81. The summed E-state index contributed by atoms with van der Waals surface area (Å²) in [6, 6.07) is 8.91. The number of hydrogen-bond acceptors (Lipinski definition) is 4. The van der Waals surface area contributed by atoms with Crippen molar-refractivity contribution >= 4 is 17.7 Å². The molecular weight excluding hydrogens is 320 g/mol. The quantitative estimate of drug-likeness (QED) is 0.727. The van der Waals surface area contributed by atoms with Crippen molar-refractivity contribution in [1.82, 2.24) is 10.2 Å². The van der Waals surface area contributed by atoms with Crippen molar-refractivity contribution in [2.75, 3.05) is 13.2 Å². The Bertz CT molecular complexity index is 644. The van der Waals surface area contributed by atoms with Crippen LogP contribution >= 0.6 is 0 Å². The van der Waals surface area contributed by atoms with E-state index in [0.717, 1.165) is 5.56 Å². The van der Waals surface area contributed by atoms with Crippen molar-refractivity contribution in [3.63, 3.8) is 0 Å². The van der Waals surface area contributed by atoms with Crippen molar-refractivity contribution in [2.45, 2.75) is 45.1 Å². The maximum Gasteiger partial charge on any atom is 0.240 e. The number of imide groups is 1. The Morgan fingerprint density at radius 3 is 2.48 bits per heavy atom. The summed E-state index contributed by atoms with van der Waals surface area (Å²) in [6.07, 6.45) is 0.147. The minimum atomic E-state index is -0.875. The zero-order chi connectivity index (χ0) is 18.6. The van der Waals surface area contributed by atoms with Gasteiger partial charge in [-0.3, -0.25) is 19.3 Å². The van der Waals surface area contributed by atoms with Crippen LogP contribution in [0.3, 0.4) is 0 Å². The first-order valence-electron chi connectivity index (χ1n) is 8.60. The number of carbonyl (C=O) groups excluding carboxylic acids is 3. The highest BCUT2D eigenvalue weighted by atomic mass is 16.3. The molecule has 0 bridgehead atoms. The number of hydrogen-bond donors (Lipinski definition) is 2. The fourth-order valence-electron chi connectivity index (χ4n) is 3.06. The lowest BCUT2D eigenvalue weighted by Gasteiger charge is -2.23.